The number of aromatic nitrogens is 2. The van der Waals surface area contributed by atoms with Crippen LogP contribution in [0.1, 0.15) is 32.4 Å². The van der Waals surface area contributed by atoms with Crippen molar-refractivity contribution >= 4 is 0 Å². The van der Waals surface area contributed by atoms with Crippen molar-refractivity contribution in [2.75, 3.05) is 0 Å². The Kier molecular flexibility index (Phi) is 3.44. The van der Waals surface area contributed by atoms with Gasteiger partial charge in [0.05, 0.1) is 12.2 Å². The van der Waals surface area contributed by atoms with Gasteiger partial charge in [-0.05, 0) is 26.2 Å². The number of aromatic amines is 1. The second kappa shape index (κ2) is 4.85. The summed E-state index contributed by atoms with van der Waals surface area (Å²) in [5.74, 6) is 0. The Morgan fingerprint density at radius 1 is 1.59 bits per heavy atom. The van der Waals surface area contributed by atoms with E-state index in [-0.39, 0.29) is 12.3 Å². The summed E-state index contributed by atoms with van der Waals surface area (Å²) in [5.41, 5.74) is -0.870. The maximum absolute atomic E-state index is 11.5. The molecule has 2 N–H and O–H groups in total. The molecule has 6 nitrogen and oxygen atoms in total. The van der Waals surface area contributed by atoms with Gasteiger partial charge in [-0.1, -0.05) is 0 Å². The number of hydrogen-bond donors (Lipinski definition) is 2. The summed E-state index contributed by atoms with van der Waals surface area (Å²) in [6.45, 7) is 1.71. The van der Waals surface area contributed by atoms with Gasteiger partial charge >= 0.3 is 5.69 Å². The van der Waals surface area contributed by atoms with Crippen molar-refractivity contribution < 1.29 is 9.84 Å². The second-order valence-electron chi connectivity index (χ2n) is 4.39. The monoisotopic (exact) mass is 240 g/mol. The summed E-state index contributed by atoms with van der Waals surface area (Å²) in [4.78, 5) is 24.7. The molecule has 2 heterocycles. The molecule has 94 valence electrons. The molecule has 1 aromatic rings. The number of ether oxygens (including phenoxy) is 1. The van der Waals surface area contributed by atoms with E-state index in [1.54, 1.807) is 6.92 Å². The highest BCUT2D eigenvalue weighted by Crippen LogP contribution is 2.29. The Labute approximate surface area is 97.9 Å². The van der Waals surface area contributed by atoms with Crippen molar-refractivity contribution in [3.63, 3.8) is 0 Å². The van der Waals surface area contributed by atoms with Gasteiger partial charge in [-0.15, -0.1) is 0 Å². The third-order valence-electron chi connectivity index (χ3n) is 2.85. The molecule has 0 spiro atoms. The van der Waals surface area contributed by atoms with Crippen molar-refractivity contribution in [3.8, 4) is 0 Å². The van der Waals surface area contributed by atoms with Gasteiger partial charge in [0.15, 0.2) is 0 Å². The summed E-state index contributed by atoms with van der Waals surface area (Å²) in [7, 11) is 0. The summed E-state index contributed by atoms with van der Waals surface area (Å²) in [6, 6.07) is 1.30. The quantitative estimate of drug-likeness (QED) is 0.778. The van der Waals surface area contributed by atoms with Crippen LogP contribution in [0.4, 0.5) is 0 Å². The van der Waals surface area contributed by atoms with Gasteiger partial charge in [0.25, 0.3) is 5.56 Å². The van der Waals surface area contributed by atoms with E-state index >= 15 is 0 Å². The highest BCUT2D eigenvalue weighted by atomic mass is 16.5. The molecule has 1 aliphatic rings. The van der Waals surface area contributed by atoms with E-state index in [2.05, 4.69) is 4.98 Å². The molecule has 1 fully saturated rings. The minimum atomic E-state index is -0.458. The van der Waals surface area contributed by atoms with Crippen molar-refractivity contribution in [3.05, 3.63) is 33.1 Å². The lowest BCUT2D eigenvalue weighted by atomic mass is 10.1. The molecule has 0 saturated carbocycles. The van der Waals surface area contributed by atoms with Crippen LogP contribution in [0.3, 0.4) is 0 Å². The van der Waals surface area contributed by atoms with Crippen LogP contribution in [-0.4, -0.2) is 26.9 Å². The number of nitrogens with one attached hydrogen (secondary N) is 1. The smallest absolute Gasteiger partial charge is 0.330 e. The minimum Gasteiger partial charge on any atom is -0.393 e. The van der Waals surface area contributed by atoms with Gasteiger partial charge in [-0.3, -0.25) is 14.3 Å². The Morgan fingerprint density at radius 3 is 3.00 bits per heavy atom. The zero-order valence-electron chi connectivity index (χ0n) is 9.63. The summed E-state index contributed by atoms with van der Waals surface area (Å²) >= 11 is 0. The Bertz CT molecular complexity index is 491. The van der Waals surface area contributed by atoms with Crippen LogP contribution in [0.15, 0.2) is 21.9 Å². The van der Waals surface area contributed by atoms with Crippen LogP contribution >= 0.6 is 0 Å². The molecule has 6 heteroatoms. The number of rotatable bonds is 3. The molecule has 0 aromatic carbocycles. The van der Waals surface area contributed by atoms with E-state index in [0.717, 1.165) is 6.42 Å². The first kappa shape index (κ1) is 12.1. The average Bonchev–Trinajstić information content (AvgIpc) is 2.65. The zero-order valence-corrected chi connectivity index (χ0v) is 9.63. The maximum Gasteiger partial charge on any atom is 0.330 e. The van der Waals surface area contributed by atoms with E-state index in [4.69, 9.17) is 4.74 Å². The van der Waals surface area contributed by atoms with Crippen molar-refractivity contribution in [1.29, 1.82) is 0 Å². The van der Waals surface area contributed by atoms with Gasteiger partial charge < -0.3 is 9.84 Å². The molecule has 3 unspecified atom stereocenters. The highest BCUT2D eigenvalue weighted by Gasteiger charge is 2.27. The van der Waals surface area contributed by atoms with Gasteiger partial charge in [0.2, 0.25) is 0 Å². The first-order valence-corrected chi connectivity index (χ1v) is 5.71. The van der Waals surface area contributed by atoms with E-state index in [9.17, 15) is 14.7 Å². The summed E-state index contributed by atoms with van der Waals surface area (Å²) in [5, 5.41) is 9.26. The number of nitrogens with zero attached hydrogens (tertiary/aromatic N) is 1. The molecule has 1 saturated heterocycles. The first-order valence-electron chi connectivity index (χ1n) is 5.71. The Balaban J connectivity index is 2.10. The number of H-pyrrole nitrogens is 1. The molecule has 0 radical (unpaired) electrons. The fraction of sp³-hybridized carbons (Fsp3) is 0.636. The molecule has 0 bridgehead atoms. The molecular weight excluding hydrogens is 224 g/mol. The molecule has 0 amide bonds. The fourth-order valence-electron chi connectivity index (χ4n) is 2.10. The number of aliphatic hydroxyl groups is 1. The SMILES string of the molecule is CC(O)CC1CCC(n2ccc(=O)[nH]c2=O)O1. The van der Waals surface area contributed by atoms with Crippen LogP contribution in [-0.2, 0) is 4.74 Å². The van der Waals surface area contributed by atoms with Crippen molar-refractivity contribution in [1.82, 2.24) is 9.55 Å². The number of aliphatic hydroxyl groups excluding tert-OH is 1. The molecule has 0 aliphatic carbocycles. The molecule has 1 aromatic heterocycles. The topological polar surface area (TPSA) is 84.3 Å². The lowest BCUT2D eigenvalue weighted by molar-refractivity contribution is -0.0200. The Morgan fingerprint density at radius 2 is 2.35 bits per heavy atom. The van der Waals surface area contributed by atoms with E-state index in [0.29, 0.717) is 12.8 Å². The molecular formula is C11H16N2O4. The third kappa shape index (κ3) is 2.83. The zero-order chi connectivity index (χ0) is 12.4. The largest absolute Gasteiger partial charge is 0.393 e. The van der Waals surface area contributed by atoms with Crippen LogP contribution in [0.2, 0.25) is 0 Å². The molecule has 1 aliphatic heterocycles. The highest BCUT2D eigenvalue weighted by molar-refractivity contribution is 4.86. The molecule has 3 atom stereocenters. The van der Waals surface area contributed by atoms with Gasteiger partial charge in [-0.25, -0.2) is 4.79 Å². The maximum atomic E-state index is 11.5. The van der Waals surface area contributed by atoms with Crippen molar-refractivity contribution in [2.24, 2.45) is 0 Å². The van der Waals surface area contributed by atoms with Gasteiger partial charge in [0.1, 0.15) is 6.23 Å². The lowest BCUT2D eigenvalue weighted by Crippen LogP contribution is -2.31. The summed E-state index contributed by atoms with van der Waals surface area (Å²) in [6.07, 6.45) is 2.74. The second-order valence-corrected chi connectivity index (χ2v) is 4.39. The first-order chi connectivity index (χ1) is 8.06. The van der Waals surface area contributed by atoms with Crippen LogP contribution in [0, 0.1) is 0 Å². The lowest BCUT2D eigenvalue weighted by Gasteiger charge is -2.16. The number of hydrogen-bond acceptors (Lipinski definition) is 4. The average molecular weight is 240 g/mol. The molecule has 17 heavy (non-hydrogen) atoms. The predicted molar refractivity (Wildman–Crippen MR) is 60.8 cm³/mol. The van der Waals surface area contributed by atoms with E-state index in [1.165, 1.54) is 16.8 Å². The van der Waals surface area contributed by atoms with Crippen LogP contribution in [0.5, 0.6) is 0 Å². The van der Waals surface area contributed by atoms with E-state index in [1.807, 2.05) is 0 Å². The Hall–Kier alpha value is -1.40. The third-order valence-corrected chi connectivity index (χ3v) is 2.85. The normalized spacial score (nSPS) is 26.0. The van der Waals surface area contributed by atoms with Crippen LogP contribution < -0.4 is 11.2 Å². The van der Waals surface area contributed by atoms with Crippen molar-refractivity contribution in [2.45, 2.75) is 44.6 Å². The predicted octanol–water partition coefficient (Wildman–Crippen LogP) is -0.0149. The van der Waals surface area contributed by atoms with Crippen LogP contribution in [0.25, 0.3) is 0 Å². The summed E-state index contributed by atoms with van der Waals surface area (Å²) < 4.78 is 7.04. The fourth-order valence-corrected chi connectivity index (χ4v) is 2.10. The van der Waals surface area contributed by atoms with Gasteiger partial charge in [0, 0.05) is 12.3 Å². The van der Waals surface area contributed by atoms with Gasteiger partial charge in [-0.2, -0.15) is 0 Å². The van der Waals surface area contributed by atoms with E-state index < -0.39 is 17.4 Å². The standard InChI is InChI=1S/C11H16N2O4/c1-7(14)6-8-2-3-10(17-8)13-5-4-9(15)12-11(13)16/h4-5,7-8,10,14H,2-3,6H2,1H3,(H,12,15,16). The minimum absolute atomic E-state index is 0.0289. The molecule has 2 rings (SSSR count).